The second-order valence-electron chi connectivity index (χ2n) is 6.63. The molecule has 0 spiro atoms. The lowest BCUT2D eigenvalue weighted by molar-refractivity contribution is 0.154. The molecule has 2 N–H and O–H groups in total. The first kappa shape index (κ1) is 19.7. The minimum absolute atomic E-state index is 0.287. The molecule has 1 aliphatic heterocycles. The highest BCUT2D eigenvalue weighted by molar-refractivity contribution is 6.30. The second kappa shape index (κ2) is 9.26. The molecule has 0 saturated carbocycles. The average molecular weight is 392 g/mol. The maximum atomic E-state index is 9.97. The fourth-order valence-electron chi connectivity index (χ4n) is 3.47. The number of halogens is 1. The van der Waals surface area contributed by atoms with Gasteiger partial charge in [-0.25, -0.2) is 4.98 Å². The Morgan fingerprint density at radius 2 is 2.07 bits per heavy atom. The standard InChI is InChI=1S/C20H26ClN3O3/c1-26-18-10-16(21)9-15(19(18)27-2)12-22-11-14-5-3-7-23-20(14)24-8-4-6-17(25)13-24/h3,5,7,9-10,17,22,25H,4,6,8,11-13H2,1-2H3/t17-/m1/s1. The van der Waals surface area contributed by atoms with Crippen LogP contribution in [0.15, 0.2) is 30.5 Å². The van der Waals surface area contributed by atoms with Crippen molar-refractivity contribution in [2.75, 3.05) is 32.2 Å². The summed E-state index contributed by atoms with van der Waals surface area (Å²) in [5.41, 5.74) is 2.03. The summed E-state index contributed by atoms with van der Waals surface area (Å²) in [6, 6.07) is 7.61. The van der Waals surface area contributed by atoms with E-state index < -0.39 is 0 Å². The van der Waals surface area contributed by atoms with Crippen molar-refractivity contribution in [2.45, 2.75) is 32.0 Å². The monoisotopic (exact) mass is 391 g/mol. The van der Waals surface area contributed by atoms with E-state index >= 15 is 0 Å². The number of pyridine rings is 1. The summed E-state index contributed by atoms with van der Waals surface area (Å²) in [5, 5.41) is 14.0. The van der Waals surface area contributed by atoms with Crippen LogP contribution >= 0.6 is 11.6 Å². The van der Waals surface area contributed by atoms with Gasteiger partial charge in [0.05, 0.1) is 20.3 Å². The average Bonchev–Trinajstić information content (AvgIpc) is 2.68. The Bertz CT molecular complexity index is 772. The summed E-state index contributed by atoms with van der Waals surface area (Å²) >= 11 is 6.19. The smallest absolute Gasteiger partial charge is 0.165 e. The third kappa shape index (κ3) is 4.83. The molecule has 0 radical (unpaired) electrons. The van der Waals surface area contributed by atoms with Crippen LogP contribution in [0.1, 0.15) is 24.0 Å². The normalized spacial score (nSPS) is 17.0. The summed E-state index contributed by atoms with van der Waals surface area (Å²) in [4.78, 5) is 6.71. The zero-order chi connectivity index (χ0) is 19.2. The Morgan fingerprint density at radius 1 is 1.26 bits per heavy atom. The lowest BCUT2D eigenvalue weighted by Crippen LogP contribution is -2.39. The topological polar surface area (TPSA) is 66.9 Å². The lowest BCUT2D eigenvalue weighted by atomic mass is 10.1. The first-order chi connectivity index (χ1) is 13.1. The van der Waals surface area contributed by atoms with Gasteiger partial charge in [-0.2, -0.15) is 0 Å². The second-order valence-corrected chi connectivity index (χ2v) is 7.07. The summed E-state index contributed by atoms with van der Waals surface area (Å²) in [7, 11) is 3.22. The van der Waals surface area contributed by atoms with Gasteiger partial charge < -0.3 is 24.8 Å². The number of benzene rings is 1. The maximum absolute atomic E-state index is 9.97. The first-order valence-corrected chi connectivity index (χ1v) is 9.48. The molecule has 1 aromatic heterocycles. The number of nitrogens with one attached hydrogen (secondary N) is 1. The molecule has 1 fully saturated rings. The molecule has 0 unspecified atom stereocenters. The van der Waals surface area contributed by atoms with Crippen LogP contribution in [0, 0.1) is 0 Å². The fourth-order valence-corrected chi connectivity index (χ4v) is 3.70. The Balaban J connectivity index is 1.71. The third-order valence-corrected chi connectivity index (χ3v) is 4.93. The van der Waals surface area contributed by atoms with Crippen LogP contribution in [0.4, 0.5) is 5.82 Å². The van der Waals surface area contributed by atoms with Crippen molar-refractivity contribution < 1.29 is 14.6 Å². The number of aromatic nitrogens is 1. The number of aliphatic hydroxyl groups excluding tert-OH is 1. The number of hydrogen-bond donors (Lipinski definition) is 2. The van der Waals surface area contributed by atoms with Gasteiger partial charge in [0.1, 0.15) is 5.82 Å². The Hall–Kier alpha value is -2.02. The Morgan fingerprint density at radius 3 is 2.81 bits per heavy atom. The van der Waals surface area contributed by atoms with Crippen LogP contribution in [-0.2, 0) is 13.1 Å². The van der Waals surface area contributed by atoms with Crippen molar-refractivity contribution >= 4 is 17.4 Å². The number of hydrogen-bond acceptors (Lipinski definition) is 6. The largest absolute Gasteiger partial charge is 0.493 e. The molecule has 1 aliphatic rings. The quantitative estimate of drug-likeness (QED) is 0.756. The number of anilines is 1. The van der Waals surface area contributed by atoms with E-state index in [9.17, 15) is 5.11 Å². The van der Waals surface area contributed by atoms with Crippen LogP contribution in [0.25, 0.3) is 0 Å². The number of rotatable bonds is 7. The van der Waals surface area contributed by atoms with Crippen molar-refractivity contribution in [1.82, 2.24) is 10.3 Å². The van der Waals surface area contributed by atoms with Gasteiger partial charge in [-0.05, 0) is 25.0 Å². The maximum Gasteiger partial charge on any atom is 0.165 e. The minimum Gasteiger partial charge on any atom is -0.493 e. The van der Waals surface area contributed by atoms with E-state index in [1.165, 1.54) is 0 Å². The van der Waals surface area contributed by atoms with E-state index in [0.29, 0.717) is 36.2 Å². The van der Waals surface area contributed by atoms with Crippen LogP contribution < -0.4 is 19.7 Å². The van der Waals surface area contributed by atoms with Gasteiger partial charge in [0.25, 0.3) is 0 Å². The summed E-state index contributed by atoms with van der Waals surface area (Å²) in [6.45, 7) is 2.77. The molecule has 7 heteroatoms. The predicted molar refractivity (Wildman–Crippen MR) is 107 cm³/mol. The van der Waals surface area contributed by atoms with Gasteiger partial charge in [0.2, 0.25) is 0 Å². The van der Waals surface area contributed by atoms with Crippen molar-refractivity contribution in [3.63, 3.8) is 0 Å². The molecular formula is C20H26ClN3O3. The molecular weight excluding hydrogens is 366 g/mol. The van der Waals surface area contributed by atoms with Crippen LogP contribution in [0.5, 0.6) is 11.5 Å². The van der Waals surface area contributed by atoms with Gasteiger partial charge >= 0.3 is 0 Å². The number of β-amino-alcohol motifs (C(OH)–C–C–N with tert-alkyl or cyclic N) is 1. The van der Waals surface area contributed by atoms with Gasteiger partial charge in [0.15, 0.2) is 11.5 Å². The molecule has 0 aliphatic carbocycles. The molecule has 1 saturated heterocycles. The molecule has 146 valence electrons. The van der Waals surface area contributed by atoms with E-state index in [2.05, 4.69) is 21.3 Å². The molecule has 0 amide bonds. The molecule has 2 heterocycles. The lowest BCUT2D eigenvalue weighted by Gasteiger charge is -2.32. The first-order valence-electron chi connectivity index (χ1n) is 9.10. The highest BCUT2D eigenvalue weighted by Gasteiger charge is 2.21. The molecule has 3 rings (SSSR count). The van der Waals surface area contributed by atoms with Crippen molar-refractivity contribution in [3.05, 3.63) is 46.6 Å². The summed E-state index contributed by atoms with van der Waals surface area (Å²) in [5.74, 6) is 2.23. The zero-order valence-corrected chi connectivity index (χ0v) is 16.5. The SMILES string of the molecule is COc1cc(Cl)cc(CNCc2cccnc2N2CCC[C@@H](O)C2)c1OC. The van der Waals surface area contributed by atoms with Gasteiger partial charge in [-0.15, -0.1) is 0 Å². The number of aliphatic hydroxyl groups is 1. The highest BCUT2D eigenvalue weighted by Crippen LogP contribution is 2.34. The van der Waals surface area contributed by atoms with Gasteiger partial charge in [-0.1, -0.05) is 17.7 Å². The van der Waals surface area contributed by atoms with Gasteiger partial charge in [-0.3, -0.25) is 0 Å². The molecule has 6 nitrogen and oxygen atoms in total. The van der Waals surface area contributed by atoms with E-state index in [1.54, 1.807) is 26.5 Å². The Kier molecular flexibility index (Phi) is 6.77. The number of ether oxygens (including phenoxy) is 2. The zero-order valence-electron chi connectivity index (χ0n) is 15.7. The third-order valence-electron chi connectivity index (χ3n) is 4.72. The summed E-state index contributed by atoms with van der Waals surface area (Å²) in [6.07, 6.45) is 3.34. The van der Waals surface area contributed by atoms with E-state index in [4.69, 9.17) is 21.1 Å². The highest BCUT2D eigenvalue weighted by atomic mass is 35.5. The molecule has 27 heavy (non-hydrogen) atoms. The minimum atomic E-state index is -0.287. The van der Waals surface area contributed by atoms with E-state index in [1.807, 2.05) is 12.1 Å². The van der Waals surface area contributed by atoms with E-state index in [-0.39, 0.29) is 6.10 Å². The molecule has 2 aromatic rings. The predicted octanol–water partition coefficient (Wildman–Crippen LogP) is 3.00. The number of methoxy groups -OCH3 is 2. The van der Waals surface area contributed by atoms with Crippen molar-refractivity contribution in [1.29, 1.82) is 0 Å². The van der Waals surface area contributed by atoms with E-state index in [0.717, 1.165) is 36.3 Å². The van der Waals surface area contributed by atoms with Crippen LogP contribution in [0.3, 0.4) is 0 Å². The summed E-state index contributed by atoms with van der Waals surface area (Å²) < 4.78 is 10.8. The molecule has 0 bridgehead atoms. The fraction of sp³-hybridized carbons (Fsp3) is 0.450. The Labute approximate surface area is 165 Å². The number of piperidine rings is 1. The van der Waals surface area contributed by atoms with Crippen LogP contribution in [0.2, 0.25) is 5.02 Å². The van der Waals surface area contributed by atoms with Crippen molar-refractivity contribution in [2.24, 2.45) is 0 Å². The molecule has 1 atom stereocenters. The molecule has 1 aromatic carbocycles. The van der Waals surface area contributed by atoms with Crippen LogP contribution in [-0.4, -0.2) is 43.5 Å². The van der Waals surface area contributed by atoms with Crippen molar-refractivity contribution in [3.8, 4) is 11.5 Å². The van der Waals surface area contributed by atoms with Gasteiger partial charge in [0, 0.05) is 54.6 Å². The number of nitrogens with zero attached hydrogens (tertiary/aromatic N) is 2.